The molecule has 1 unspecified atom stereocenters. The highest BCUT2D eigenvalue weighted by Crippen LogP contribution is 2.29. The minimum atomic E-state index is 0.164. The fourth-order valence-electron chi connectivity index (χ4n) is 2.71. The molecule has 0 radical (unpaired) electrons. The van der Waals surface area contributed by atoms with Crippen LogP contribution in [0.4, 0.5) is 0 Å². The van der Waals surface area contributed by atoms with Crippen molar-refractivity contribution in [2.24, 2.45) is 5.92 Å². The second-order valence-corrected chi connectivity index (χ2v) is 5.15. The van der Waals surface area contributed by atoms with E-state index in [1.54, 1.807) is 6.92 Å². The monoisotopic (exact) mass is 232 g/mol. The number of carbonyl (C=O) groups is 2. The third-order valence-corrected chi connectivity index (χ3v) is 3.77. The molecule has 0 bridgehead atoms. The molecular weight excluding hydrogens is 212 g/mol. The zero-order valence-corrected chi connectivity index (χ0v) is 10.5. The van der Waals surface area contributed by atoms with Gasteiger partial charge in [0.1, 0.15) is 0 Å². The van der Waals surface area contributed by atoms with Gasteiger partial charge in [-0.15, -0.1) is 0 Å². The standard InChI is InChI=1S/C15H20O2/c1-11(16)14-8-7-12(9-14)10-15(17)13-5-3-2-4-6-13/h5,9,12H,2-4,6-8,10H2,1H3. The number of hydrogen-bond acceptors (Lipinski definition) is 2. The van der Waals surface area contributed by atoms with Crippen LogP contribution in [0.1, 0.15) is 51.9 Å². The first kappa shape index (κ1) is 12.3. The van der Waals surface area contributed by atoms with Crippen molar-refractivity contribution in [3.05, 3.63) is 23.3 Å². The number of rotatable bonds is 4. The first-order valence-corrected chi connectivity index (χ1v) is 6.60. The van der Waals surface area contributed by atoms with Crippen LogP contribution in [0.3, 0.4) is 0 Å². The van der Waals surface area contributed by atoms with Crippen molar-refractivity contribution in [1.29, 1.82) is 0 Å². The van der Waals surface area contributed by atoms with Crippen LogP contribution >= 0.6 is 0 Å². The molecule has 2 aliphatic carbocycles. The smallest absolute Gasteiger partial charge is 0.159 e. The summed E-state index contributed by atoms with van der Waals surface area (Å²) in [7, 11) is 0. The molecule has 0 amide bonds. The van der Waals surface area contributed by atoms with Crippen molar-refractivity contribution in [3.63, 3.8) is 0 Å². The van der Waals surface area contributed by atoms with Crippen molar-refractivity contribution >= 4 is 11.6 Å². The van der Waals surface area contributed by atoms with Crippen LogP contribution in [0.25, 0.3) is 0 Å². The van der Waals surface area contributed by atoms with Crippen LogP contribution < -0.4 is 0 Å². The van der Waals surface area contributed by atoms with Crippen molar-refractivity contribution in [1.82, 2.24) is 0 Å². The normalized spacial score (nSPS) is 24.2. The summed E-state index contributed by atoms with van der Waals surface area (Å²) in [6, 6.07) is 0. The summed E-state index contributed by atoms with van der Waals surface area (Å²) in [5.74, 6) is 0.761. The topological polar surface area (TPSA) is 34.1 Å². The van der Waals surface area contributed by atoms with Gasteiger partial charge in [-0.1, -0.05) is 12.2 Å². The molecule has 2 heteroatoms. The molecule has 2 nitrogen and oxygen atoms in total. The predicted octanol–water partition coefficient (Wildman–Crippen LogP) is 3.37. The third-order valence-electron chi connectivity index (χ3n) is 3.77. The number of allylic oxidation sites excluding steroid dienone is 4. The van der Waals surface area contributed by atoms with E-state index in [0.717, 1.165) is 43.3 Å². The molecular formula is C15H20O2. The highest BCUT2D eigenvalue weighted by Gasteiger charge is 2.22. The van der Waals surface area contributed by atoms with E-state index in [2.05, 4.69) is 6.08 Å². The zero-order chi connectivity index (χ0) is 12.3. The molecule has 92 valence electrons. The van der Waals surface area contributed by atoms with Crippen LogP contribution in [-0.2, 0) is 9.59 Å². The van der Waals surface area contributed by atoms with Gasteiger partial charge >= 0.3 is 0 Å². The number of Topliss-reactive ketones (excluding diaryl/α,β-unsaturated/α-hetero) is 2. The van der Waals surface area contributed by atoms with E-state index >= 15 is 0 Å². The van der Waals surface area contributed by atoms with Gasteiger partial charge in [-0.05, 0) is 62.5 Å². The maximum Gasteiger partial charge on any atom is 0.159 e. The van der Waals surface area contributed by atoms with E-state index in [-0.39, 0.29) is 5.78 Å². The summed E-state index contributed by atoms with van der Waals surface area (Å²) in [4.78, 5) is 23.3. The van der Waals surface area contributed by atoms with E-state index in [1.165, 1.54) is 6.42 Å². The molecule has 0 spiro atoms. The van der Waals surface area contributed by atoms with Gasteiger partial charge in [0.15, 0.2) is 11.6 Å². The molecule has 0 aromatic heterocycles. The van der Waals surface area contributed by atoms with Crippen molar-refractivity contribution in [2.45, 2.75) is 51.9 Å². The lowest BCUT2D eigenvalue weighted by molar-refractivity contribution is -0.116. The first-order chi connectivity index (χ1) is 8.16. The zero-order valence-electron chi connectivity index (χ0n) is 10.5. The lowest BCUT2D eigenvalue weighted by atomic mass is 9.91. The van der Waals surface area contributed by atoms with Crippen molar-refractivity contribution < 1.29 is 9.59 Å². The minimum absolute atomic E-state index is 0.164. The van der Waals surface area contributed by atoms with Gasteiger partial charge in [0.05, 0.1) is 0 Å². The lowest BCUT2D eigenvalue weighted by Gasteiger charge is -2.13. The summed E-state index contributed by atoms with van der Waals surface area (Å²) in [6.45, 7) is 1.61. The molecule has 2 rings (SSSR count). The second kappa shape index (κ2) is 5.44. The molecule has 1 atom stereocenters. The van der Waals surface area contributed by atoms with Crippen molar-refractivity contribution in [2.75, 3.05) is 0 Å². The Labute approximate surface area is 103 Å². The van der Waals surface area contributed by atoms with E-state index in [0.29, 0.717) is 18.1 Å². The molecule has 17 heavy (non-hydrogen) atoms. The number of carbonyl (C=O) groups excluding carboxylic acids is 2. The molecule has 0 saturated heterocycles. The number of ketones is 2. The Morgan fingerprint density at radius 2 is 2.06 bits per heavy atom. The van der Waals surface area contributed by atoms with Gasteiger partial charge in [-0.2, -0.15) is 0 Å². The van der Waals surface area contributed by atoms with Crippen LogP contribution in [0.2, 0.25) is 0 Å². The second-order valence-electron chi connectivity index (χ2n) is 5.15. The molecule has 0 saturated carbocycles. The highest BCUT2D eigenvalue weighted by molar-refractivity contribution is 5.96. The van der Waals surface area contributed by atoms with Gasteiger partial charge in [-0.3, -0.25) is 9.59 Å². The average molecular weight is 232 g/mol. The van der Waals surface area contributed by atoms with Crippen LogP contribution in [0.5, 0.6) is 0 Å². The summed E-state index contributed by atoms with van der Waals surface area (Å²) in [5, 5.41) is 0. The highest BCUT2D eigenvalue weighted by atomic mass is 16.1. The van der Waals surface area contributed by atoms with Gasteiger partial charge in [-0.25, -0.2) is 0 Å². The molecule has 2 aliphatic rings. The van der Waals surface area contributed by atoms with Crippen LogP contribution in [0, 0.1) is 5.92 Å². The van der Waals surface area contributed by atoms with Gasteiger partial charge < -0.3 is 0 Å². The largest absolute Gasteiger partial charge is 0.295 e. The van der Waals surface area contributed by atoms with E-state index in [9.17, 15) is 9.59 Å². The van der Waals surface area contributed by atoms with E-state index in [4.69, 9.17) is 0 Å². The SMILES string of the molecule is CC(=O)C1=CC(CC(=O)C2=CCCCC2)CC1. The summed E-state index contributed by atoms with van der Waals surface area (Å²) in [6.07, 6.45) is 10.9. The van der Waals surface area contributed by atoms with Gasteiger partial charge in [0.25, 0.3) is 0 Å². The average Bonchev–Trinajstić information content (AvgIpc) is 2.79. The molecule has 0 aromatic carbocycles. The lowest BCUT2D eigenvalue weighted by Crippen LogP contribution is -2.09. The molecule has 0 N–H and O–H groups in total. The molecule has 0 aromatic rings. The van der Waals surface area contributed by atoms with Crippen molar-refractivity contribution in [3.8, 4) is 0 Å². The summed E-state index contributed by atoms with van der Waals surface area (Å²) >= 11 is 0. The predicted molar refractivity (Wildman–Crippen MR) is 67.7 cm³/mol. The Bertz CT molecular complexity index is 388. The Morgan fingerprint density at radius 1 is 1.24 bits per heavy atom. The van der Waals surface area contributed by atoms with Gasteiger partial charge in [0.2, 0.25) is 0 Å². The maximum atomic E-state index is 12.0. The quantitative estimate of drug-likeness (QED) is 0.744. The van der Waals surface area contributed by atoms with Crippen LogP contribution in [0.15, 0.2) is 23.3 Å². The third kappa shape index (κ3) is 3.15. The molecule has 0 aliphatic heterocycles. The van der Waals surface area contributed by atoms with E-state index < -0.39 is 0 Å². The number of hydrogen-bond donors (Lipinski definition) is 0. The summed E-state index contributed by atoms with van der Waals surface area (Å²) < 4.78 is 0. The Balaban J connectivity index is 1.92. The summed E-state index contributed by atoms with van der Waals surface area (Å²) in [5.41, 5.74) is 1.95. The Morgan fingerprint density at radius 3 is 2.65 bits per heavy atom. The molecule has 0 heterocycles. The van der Waals surface area contributed by atoms with E-state index in [1.807, 2.05) is 6.08 Å². The fraction of sp³-hybridized carbons (Fsp3) is 0.600. The maximum absolute atomic E-state index is 12.0. The first-order valence-electron chi connectivity index (χ1n) is 6.60. The van der Waals surface area contributed by atoms with Gasteiger partial charge in [0, 0.05) is 6.42 Å². The Hall–Kier alpha value is -1.18. The fourth-order valence-corrected chi connectivity index (χ4v) is 2.71. The molecule has 0 fully saturated rings. The van der Waals surface area contributed by atoms with Crippen LogP contribution in [-0.4, -0.2) is 11.6 Å². The Kier molecular flexibility index (Phi) is 3.93. The minimum Gasteiger partial charge on any atom is -0.295 e.